The Labute approximate surface area is 154 Å². The zero-order valence-electron chi connectivity index (χ0n) is 13.2. The Morgan fingerprint density at radius 1 is 1.16 bits per heavy atom. The lowest BCUT2D eigenvalue weighted by Crippen LogP contribution is -1.84. The van der Waals surface area contributed by atoms with Crippen molar-refractivity contribution < 1.29 is 9.26 Å². The number of methoxy groups -OCH3 is 1. The molecule has 3 rings (SSSR count). The Morgan fingerprint density at radius 3 is 2.44 bits per heavy atom. The molecule has 0 amide bonds. The van der Waals surface area contributed by atoms with Crippen molar-refractivity contribution in [3.05, 3.63) is 69.9 Å². The molecule has 2 aromatic carbocycles. The Hall–Kier alpha value is -2.74. The molecule has 1 aromatic heterocycles. The largest absolute Gasteiger partial charge is 0.497 e. The summed E-state index contributed by atoms with van der Waals surface area (Å²) in [6.45, 7) is 0. The maximum Gasteiger partial charge on any atom is 0.161 e. The smallest absolute Gasteiger partial charge is 0.161 e. The lowest BCUT2D eigenvalue weighted by atomic mass is 10.1. The van der Waals surface area contributed by atoms with Gasteiger partial charge in [0.15, 0.2) is 5.76 Å². The Kier molecular flexibility index (Phi) is 5.08. The van der Waals surface area contributed by atoms with Gasteiger partial charge < -0.3 is 9.26 Å². The van der Waals surface area contributed by atoms with Gasteiger partial charge in [-0.3, -0.25) is 0 Å². The van der Waals surface area contributed by atoms with Crippen LogP contribution in [0.25, 0.3) is 22.9 Å². The third-order valence-electron chi connectivity index (χ3n) is 3.56. The van der Waals surface area contributed by atoms with Crippen LogP contribution in [0.1, 0.15) is 11.3 Å². The molecule has 0 unspecified atom stereocenters. The fourth-order valence-electron chi connectivity index (χ4n) is 2.31. The topological polar surface area (TPSA) is 59.0 Å². The predicted molar refractivity (Wildman–Crippen MR) is 98.4 cm³/mol. The van der Waals surface area contributed by atoms with Crippen molar-refractivity contribution in [2.75, 3.05) is 7.11 Å². The molecule has 0 N–H and O–H groups in total. The second kappa shape index (κ2) is 7.43. The number of nitrogens with zero attached hydrogens (tertiary/aromatic N) is 2. The maximum absolute atomic E-state index is 9.43. The number of ether oxygens (including phenoxy) is 1. The lowest BCUT2D eigenvalue weighted by molar-refractivity contribution is 0.415. The minimum atomic E-state index is 0.429. The first-order valence-corrected chi connectivity index (χ1v) is 8.05. The summed E-state index contributed by atoms with van der Waals surface area (Å²) < 4.78 is 10.4. The van der Waals surface area contributed by atoms with E-state index < -0.39 is 0 Å². The van der Waals surface area contributed by atoms with Crippen LogP contribution in [0, 0.1) is 11.3 Å². The molecular formula is C19H12Cl2N2O2. The molecule has 0 bridgehead atoms. The van der Waals surface area contributed by atoms with Crippen LogP contribution in [0.4, 0.5) is 0 Å². The van der Waals surface area contributed by atoms with Crippen LogP contribution >= 0.6 is 23.2 Å². The summed E-state index contributed by atoms with van der Waals surface area (Å²) in [5.74, 6) is 1.15. The molecule has 0 atom stereocenters. The van der Waals surface area contributed by atoms with Crippen molar-refractivity contribution >= 4 is 34.9 Å². The maximum atomic E-state index is 9.43. The summed E-state index contributed by atoms with van der Waals surface area (Å²) in [4.78, 5) is 0. The van der Waals surface area contributed by atoms with E-state index in [-0.39, 0.29) is 0 Å². The highest BCUT2D eigenvalue weighted by Gasteiger charge is 2.13. The van der Waals surface area contributed by atoms with Crippen LogP contribution in [0.3, 0.4) is 0 Å². The molecular weight excluding hydrogens is 359 g/mol. The Morgan fingerprint density at radius 2 is 1.84 bits per heavy atom. The van der Waals surface area contributed by atoms with Gasteiger partial charge in [0, 0.05) is 17.7 Å². The zero-order valence-corrected chi connectivity index (χ0v) is 14.7. The number of hydrogen-bond acceptors (Lipinski definition) is 4. The van der Waals surface area contributed by atoms with Crippen molar-refractivity contribution in [1.29, 1.82) is 5.26 Å². The number of allylic oxidation sites excluding steroid dienone is 1. The molecule has 6 heteroatoms. The van der Waals surface area contributed by atoms with Gasteiger partial charge in [-0.1, -0.05) is 34.4 Å². The van der Waals surface area contributed by atoms with E-state index in [1.54, 1.807) is 61.7 Å². The molecule has 0 aliphatic rings. The third kappa shape index (κ3) is 3.69. The number of nitriles is 1. The SMILES string of the molecule is COc1ccc(/C(C#N)=C\c2cc(-c3c(Cl)cccc3Cl)no2)cc1. The van der Waals surface area contributed by atoms with Crippen LogP contribution < -0.4 is 4.74 Å². The molecule has 0 aliphatic carbocycles. The van der Waals surface area contributed by atoms with Crippen LogP contribution in [0.5, 0.6) is 5.75 Å². The van der Waals surface area contributed by atoms with Crippen molar-refractivity contribution in [3.63, 3.8) is 0 Å². The highest BCUT2D eigenvalue weighted by atomic mass is 35.5. The van der Waals surface area contributed by atoms with E-state index in [1.807, 2.05) is 0 Å². The molecule has 0 aliphatic heterocycles. The molecule has 25 heavy (non-hydrogen) atoms. The van der Waals surface area contributed by atoms with E-state index >= 15 is 0 Å². The van der Waals surface area contributed by atoms with Gasteiger partial charge in [-0.05, 0) is 42.0 Å². The molecule has 0 saturated carbocycles. The van der Waals surface area contributed by atoms with Crippen molar-refractivity contribution in [2.24, 2.45) is 0 Å². The van der Waals surface area contributed by atoms with Gasteiger partial charge in [0.2, 0.25) is 0 Å². The van der Waals surface area contributed by atoms with Gasteiger partial charge >= 0.3 is 0 Å². The van der Waals surface area contributed by atoms with E-state index in [2.05, 4.69) is 11.2 Å². The van der Waals surface area contributed by atoms with Crippen LogP contribution in [0.15, 0.2) is 53.1 Å². The van der Waals surface area contributed by atoms with E-state index in [1.165, 1.54) is 0 Å². The lowest BCUT2D eigenvalue weighted by Gasteiger charge is -2.01. The van der Waals surface area contributed by atoms with Gasteiger partial charge in [0.1, 0.15) is 11.4 Å². The van der Waals surface area contributed by atoms with Crippen molar-refractivity contribution in [3.8, 4) is 23.1 Å². The molecule has 4 nitrogen and oxygen atoms in total. The fourth-order valence-corrected chi connectivity index (χ4v) is 2.90. The van der Waals surface area contributed by atoms with Gasteiger partial charge in [0.05, 0.1) is 28.8 Å². The minimum Gasteiger partial charge on any atom is -0.497 e. The predicted octanol–water partition coefficient (Wildman–Crippen LogP) is 5.72. The molecule has 0 fully saturated rings. The summed E-state index contributed by atoms with van der Waals surface area (Å²) in [5.41, 5.74) is 2.29. The molecule has 3 aromatic rings. The monoisotopic (exact) mass is 370 g/mol. The minimum absolute atomic E-state index is 0.429. The van der Waals surface area contributed by atoms with Gasteiger partial charge in [-0.25, -0.2) is 0 Å². The third-order valence-corrected chi connectivity index (χ3v) is 4.19. The molecule has 0 saturated heterocycles. The Balaban J connectivity index is 1.95. The standard InChI is InChI=1S/C19H12Cl2N2O2/c1-24-14-7-5-12(6-8-14)13(11-22)9-15-10-18(23-25-15)19-16(20)3-2-4-17(19)21/h2-10H,1H3/b13-9-. The van der Waals surface area contributed by atoms with E-state index in [0.717, 1.165) is 11.3 Å². The van der Waals surface area contributed by atoms with Crippen molar-refractivity contribution in [1.82, 2.24) is 5.16 Å². The van der Waals surface area contributed by atoms with Crippen molar-refractivity contribution in [2.45, 2.75) is 0 Å². The van der Waals surface area contributed by atoms with E-state index in [0.29, 0.717) is 32.6 Å². The number of hydrogen-bond donors (Lipinski definition) is 0. The van der Waals surface area contributed by atoms with E-state index in [9.17, 15) is 5.26 Å². The summed E-state index contributed by atoms with van der Waals surface area (Å²) in [7, 11) is 1.59. The van der Waals surface area contributed by atoms with Crippen LogP contribution in [-0.4, -0.2) is 12.3 Å². The summed E-state index contributed by atoms with van der Waals surface area (Å²) in [5, 5.41) is 14.4. The summed E-state index contributed by atoms with van der Waals surface area (Å²) >= 11 is 12.4. The molecule has 124 valence electrons. The molecule has 0 spiro atoms. The first kappa shape index (κ1) is 17.1. The van der Waals surface area contributed by atoms with Crippen LogP contribution in [0.2, 0.25) is 10.0 Å². The Bertz CT molecular complexity index is 950. The number of benzene rings is 2. The van der Waals surface area contributed by atoms with Gasteiger partial charge in [-0.15, -0.1) is 0 Å². The van der Waals surface area contributed by atoms with E-state index in [4.69, 9.17) is 32.5 Å². The average molecular weight is 371 g/mol. The highest BCUT2D eigenvalue weighted by Crippen LogP contribution is 2.34. The highest BCUT2D eigenvalue weighted by molar-refractivity contribution is 6.39. The first-order chi connectivity index (χ1) is 12.1. The number of rotatable bonds is 4. The zero-order chi connectivity index (χ0) is 17.8. The quantitative estimate of drug-likeness (QED) is 0.550. The van der Waals surface area contributed by atoms with Gasteiger partial charge in [-0.2, -0.15) is 5.26 Å². The second-order valence-corrected chi connectivity index (χ2v) is 5.92. The average Bonchev–Trinajstić information content (AvgIpc) is 3.08. The summed E-state index contributed by atoms with van der Waals surface area (Å²) in [6.07, 6.45) is 1.61. The number of halogens is 2. The first-order valence-electron chi connectivity index (χ1n) is 7.29. The number of aromatic nitrogens is 1. The molecule has 0 radical (unpaired) electrons. The second-order valence-electron chi connectivity index (χ2n) is 5.11. The normalized spacial score (nSPS) is 11.2. The fraction of sp³-hybridized carbons (Fsp3) is 0.0526. The molecule has 1 heterocycles. The summed E-state index contributed by atoms with van der Waals surface area (Å²) in [6, 6.07) is 16.2. The van der Waals surface area contributed by atoms with Gasteiger partial charge in [0.25, 0.3) is 0 Å². The van der Waals surface area contributed by atoms with Crippen LogP contribution in [-0.2, 0) is 0 Å².